The molecule has 2 aliphatic heterocycles. The number of nitrogens with one attached hydrogen (secondary N) is 1. The van der Waals surface area contributed by atoms with Crippen molar-refractivity contribution in [2.45, 2.75) is 31.8 Å². The highest BCUT2D eigenvalue weighted by molar-refractivity contribution is 8.00. The Kier molecular flexibility index (Phi) is 6.96. The second-order valence-electron chi connectivity index (χ2n) is 7.83. The lowest BCUT2D eigenvalue weighted by molar-refractivity contribution is -0.689. The van der Waals surface area contributed by atoms with E-state index in [2.05, 4.69) is 20.4 Å². The Morgan fingerprint density at radius 2 is 2.23 bits per heavy atom. The van der Waals surface area contributed by atoms with E-state index in [0.29, 0.717) is 17.9 Å². The molecule has 1 fully saturated rings. The molecule has 182 valence electrons. The minimum atomic E-state index is -1.19. The van der Waals surface area contributed by atoms with Crippen LogP contribution < -0.4 is 15.6 Å². The Morgan fingerprint density at radius 3 is 2.91 bits per heavy atom. The number of hydrogen-bond donors (Lipinski definition) is 3. The van der Waals surface area contributed by atoms with Gasteiger partial charge >= 0.3 is 5.97 Å². The smallest absolute Gasteiger partial charge is 0.352 e. The molecule has 1 unspecified atom stereocenters. The zero-order valence-electron chi connectivity index (χ0n) is 19.0. The summed E-state index contributed by atoms with van der Waals surface area (Å²) in [6.07, 6.45) is 5.12. The van der Waals surface area contributed by atoms with Crippen molar-refractivity contribution >= 4 is 41.1 Å². The van der Waals surface area contributed by atoms with Gasteiger partial charge in [0.15, 0.2) is 24.8 Å². The van der Waals surface area contributed by atoms with E-state index in [4.69, 9.17) is 10.6 Å². The Morgan fingerprint density at radius 1 is 1.43 bits per heavy atom. The Hall–Kier alpha value is -4.00. The SMILES string of the molecule is CCO/N=C(/C(=O)NC1C(=O)N2C(C(=O)O)=C(C[n+]3cccc(C)c3)CS[C@H]12)c1nccc(N)n1. The quantitative estimate of drug-likeness (QED) is 0.194. The van der Waals surface area contributed by atoms with Crippen LogP contribution in [0.3, 0.4) is 0 Å². The van der Waals surface area contributed by atoms with Gasteiger partial charge in [0.25, 0.3) is 11.8 Å². The minimum Gasteiger partial charge on any atom is -0.477 e. The molecule has 0 aliphatic carbocycles. The molecule has 0 saturated carbocycles. The molecule has 4 heterocycles. The van der Waals surface area contributed by atoms with Crippen LogP contribution in [0.25, 0.3) is 0 Å². The molecule has 0 bridgehead atoms. The first-order valence-electron chi connectivity index (χ1n) is 10.8. The summed E-state index contributed by atoms with van der Waals surface area (Å²) in [6, 6.07) is 4.33. The van der Waals surface area contributed by atoms with Crippen LogP contribution in [0.15, 0.2) is 53.2 Å². The lowest BCUT2D eigenvalue weighted by atomic mass is 10.0. The van der Waals surface area contributed by atoms with Gasteiger partial charge in [-0.1, -0.05) is 5.16 Å². The van der Waals surface area contributed by atoms with Crippen LogP contribution in [0.2, 0.25) is 0 Å². The fourth-order valence-corrected chi connectivity index (χ4v) is 5.12. The second-order valence-corrected chi connectivity index (χ2v) is 8.94. The number of nitrogens with zero attached hydrogens (tertiary/aromatic N) is 5. The third kappa shape index (κ3) is 4.94. The number of carboxylic acid groups (broad SMARTS) is 1. The maximum absolute atomic E-state index is 13.0. The molecule has 4 N–H and O–H groups in total. The number of pyridine rings is 1. The summed E-state index contributed by atoms with van der Waals surface area (Å²) in [5.74, 6) is -1.98. The predicted molar refractivity (Wildman–Crippen MR) is 126 cm³/mol. The van der Waals surface area contributed by atoms with Gasteiger partial charge in [-0.05, 0) is 26.0 Å². The molecule has 0 aromatic carbocycles. The molecule has 13 heteroatoms. The minimum absolute atomic E-state index is 0.0550. The van der Waals surface area contributed by atoms with Crippen LogP contribution in [0.4, 0.5) is 5.82 Å². The van der Waals surface area contributed by atoms with Crippen molar-refractivity contribution in [1.82, 2.24) is 20.2 Å². The number of thioether (sulfide) groups is 1. The molecular weight excluding hydrogens is 474 g/mol. The van der Waals surface area contributed by atoms with Crippen molar-refractivity contribution in [2.75, 3.05) is 18.1 Å². The summed E-state index contributed by atoms with van der Waals surface area (Å²) < 4.78 is 1.88. The van der Waals surface area contributed by atoms with E-state index >= 15 is 0 Å². The van der Waals surface area contributed by atoms with Crippen LogP contribution in [-0.2, 0) is 25.8 Å². The summed E-state index contributed by atoms with van der Waals surface area (Å²) in [5.41, 5.74) is 7.03. The highest BCUT2D eigenvalue weighted by atomic mass is 32.2. The first-order valence-corrected chi connectivity index (χ1v) is 11.8. The monoisotopic (exact) mass is 498 g/mol. The van der Waals surface area contributed by atoms with Gasteiger partial charge in [0.2, 0.25) is 5.71 Å². The van der Waals surface area contributed by atoms with Crippen molar-refractivity contribution in [1.29, 1.82) is 0 Å². The van der Waals surface area contributed by atoms with Crippen LogP contribution in [0.5, 0.6) is 0 Å². The van der Waals surface area contributed by atoms with E-state index in [9.17, 15) is 19.5 Å². The molecule has 1 saturated heterocycles. The number of hydrogen-bond acceptors (Lipinski definition) is 9. The summed E-state index contributed by atoms with van der Waals surface area (Å²) in [4.78, 5) is 52.3. The summed E-state index contributed by atoms with van der Waals surface area (Å²) in [5, 5.41) is 15.7. The number of aromatic nitrogens is 3. The number of oxime groups is 1. The third-order valence-corrected chi connectivity index (χ3v) is 6.64. The fourth-order valence-electron chi connectivity index (χ4n) is 3.79. The van der Waals surface area contributed by atoms with E-state index in [-0.39, 0.29) is 29.7 Å². The van der Waals surface area contributed by atoms with Crippen LogP contribution >= 0.6 is 11.8 Å². The second kappa shape index (κ2) is 10.1. The molecule has 2 aliphatic rings. The number of carbonyl (C=O) groups excluding carboxylic acids is 2. The molecule has 2 atom stereocenters. The van der Waals surface area contributed by atoms with Crippen molar-refractivity contribution in [2.24, 2.45) is 5.16 Å². The maximum Gasteiger partial charge on any atom is 0.352 e. The zero-order valence-corrected chi connectivity index (χ0v) is 19.9. The Bertz CT molecular complexity index is 1250. The number of nitrogens with two attached hydrogens (primary N) is 1. The largest absolute Gasteiger partial charge is 0.477 e. The van der Waals surface area contributed by atoms with E-state index in [0.717, 1.165) is 5.56 Å². The van der Waals surface area contributed by atoms with Gasteiger partial charge in [-0.3, -0.25) is 14.5 Å². The highest BCUT2D eigenvalue weighted by Gasteiger charge is 2.54. The number of fused-ring (bicyclic) bond motifs is 1. The molecule has 4 rings (SSSR count). The molecule has 35 heavy (non-hydrogen) atoms. The normalized spacial score (nSPS) is 19.7. The number of nitrogen functional groups attached to an aromatic ring is 1. The van der Waals surface area contributed by atoms with Crippen molar-refractivity contribution in [3.63, 3.8) is 0 Å². The van der Waals surface area contributed by atoms with Crippen LogP contribution in [-0.4, -0.2) is 67.2 Å². The number of carbonyl (C=O) groups is 3. The van der Waals surface area contributed by atoms with Crippen molar-refractivity contribution < 1.29 is 28.9 Å². The van der Waals surface area contributed by atoms with Gasteiger partial charge in [0.1, 0.15) is 29.5 Å². The van der Waals surface area contributed by atoms with Gasteiger partial charge < -0.3 is 21.0 Å². The van der Waals surface area contributed by atoms with E-state index in [1.54, 1.807) is 6.92 Å². The topological polar surface area (TPSA) is 164 Å². The van der Waals surface area contributed by atoms with E-state index in [1.165, 1.54) is 28.9 Å². The lowest BCUT2D eigenvalue weighted by Gasteiger charge is -2.49. The van der Waals surface area contributed by atoms with Gasteiger partial charge in [0, 0.05) is 29.2 Å². The number of amides is 2. The van der Waals surface area contributed by atoms with E-state index < -0.39 is 29.2 Å². The lowest BCUT2D eigenvalue weighted by Crippen LogP contribution is -2.71. The van der Waals surface area contributed by atoms with Gasteiger partial charge in [-0.25, -0.2) is 19.3 Å². The molecular formula is C22H24N7O5S+. The molecule has 2 amide bonds. The predicted octanol–water partition coefficient (Wildman–Crippen LogP) is -0.166. The molecule has 0 spiro atoms. The zero-order chi connectivity index (χ0) is 25.1. The van der Waals surface area contributed by atoms with Crippen LogP contribution in [0, 0.1) is 6.92 Å². The number of aliphatic carboxylic acids is 1. The molecule has 0 radical (unpaired) electrons. The highest BCUT2D eigenvalue weighted by Crippen LogP contribution is 2.40. The van der Waals surface area contributed by atoms with Gasteiger partial charge in [-0.2, -0.15) is 0 Å². The summed E-state index contributed by atoms with van der Waals surface area (Å²) in [6.45, 7) is 4.17. The first kappa shape index (κ1) is 24.1. The number of carboxylic acids is 1. The fraction of sp³-hybridized carbons (Fsp3) is 0.318. The number of β-lactam (4-membered cyclic amide) rings is 1. The Balaban J connectivity index is 1.54. The number of rotatable bonds is 8. The standard InChI is InChI=1S/C22H23N7O5S/c1-3-34-27-15(18-24-7-6-14(23)25-18)19(30)26-16-20(31)29-17(22(32)33)13(11-35-21(16)29)10-28-8-4-5-12(2)9-28/h4-9,16,21H,3,10-11H2,1-2H3,(H3-,23,24,25,26,30,32,33)/p+1/b27-15+/t16?,21-/m1/s1. The average molecular weight is 499 g/mol. The van der Waals surface area contributed by atoms with Gasteiger partial charge in [0.05, 0.1) is 0 Å². The Labute approximate surface area is 204 Å². The third-order valence-electron chi connectivity index (χ3n) is 5.30. The van der Waals surface area contributed by atoms with Crippen LogP contribution in [0.1, 0.15) is 18.3 Å². The number of aryl methyl sites for hydroxylation is 1. The number of anilines is 1. The van der Waals surface area contributed by atoms with Gasteiger partial charge in [-0.15, -0.1) is 11.8 Å². The van der Waals surface area contributed by atoms with Crippen molar-refractivity contribution in [3.05, 3.63) is 59.4 Å². The summed E-state index contributed by atoms with van der Waals surface area (Å²) in [7, 11) is 0. The maximum atomic E-state index is 13.0. The molecule has 2 aromatic heterocycles. The van der Waals surface area contributed by atoms with E-state index in [1.807, 2.05) is 36.0 Å². The van der Waals surface area contributed by atoms with Crippen molar-refractivity contribution in [3.8, 4) is 0 Å². The first-order chi connectivity index (χ1) is 16.8. The average Bonchev–Trinajstić information content (AvgIpc) is 2.82. The summed E-state index contributed by atoms with van der Waals surface area (Å²) >= 11 is 1.38. The molecule has 2 aromatic rings. The molecule has 12 nitrogen and oxygen atoms in total.